The van der Waals surface area contributed by atoms with Crippen molar-refractivity contribution in [3.05, 3.63) is 35.9 Å². The molecular weight excluding hydrogens is 244 g/mol. The van der Waals surface area contributed by atoms with Crippen LogP contribution in [0.4, 0.5) is 0 Å². The zero-order valence-electron chi connectivity index (χ0n) is 11.1. The highest BCUT2D eigenvalue weighted by molar-refractivity contribution is 5.86. The Kier molecular flexibility index (Phi) is 6.02. The van der Waals surface area contributed by atoms with E-state index in [4.69, 9.17) is 5.73 Å². The van der Waals surface area contributed by atoms with Gasteiger partial charge in [0.15, 0.2) is 0 Å². The second-order valence-corrected chi connectivity index (χ2v) is 4.36. The monoisotopic (exact) mass is 264 g/mol. The van der Waals surface area contributed by atoms with Gasteiger partial charge in [-0.25, -0.2) is 0 Å². The first-order valence-electron chi connectivity index (χ1n) is 6.33. The lowest BCUT2D eigenvalue weighted by Gasteiger charge is -2.22. The molecule has 0 saturated heterocycles. The molecule has 5 nitrogen and oxygen atoms in total. The largest absolute Gasteiger partial charge is 0.383 e. The van der Waals surface area contributed by atoms with E-state index in [1.54, 1.807) is 6.92 Å². The molecule has 1 atom stereocenters. The van der Waals surface area contributed by atoms with Gasteiger partial charge in [-0.1, -0.05) is 30.3 Å². The van der Waals surface area contributed by atoms with Crippen molar-refractivity contribution in [1.82, 2.24) is 4.90 Å². The molecule has 5 heteroatoms. The van der Waals surface area contributed by atoms with E-state index in [1.165, 1.54) is 4.90 Å². The van der Waals surface area contributed by atoms with Gasteiger partial charge in [-0.15, -0.1) is 0 Å². The number of benzene rings is 1. The minimum Gasteiger partial charge on any atom is -0.383 e. The number of carbonyl (C=O) groups is 2. The molecule has 0 spiro atoms. The van der Waals surface area contributed by atoms with E-state index in [9.17, 15) is 14.7 Å². The maximum atomic E-state index is 11.9. The van der Waals surface area contributed by atoms with Gasteiger partial charge in [0.25, 0.3) is 5.91 Å². The highest BCUT2D eigenvalue weighted by Gasteiger charge is 2.21. The van der Waals surface area contributed by atoms with Crippen molar-refractivity contribution in [1.29, 1.82) is 0 Å². The minimum atomic E-state index is -1.10. The number of rotatable bonds is 7. The normalized spacial score (nSPS) is 11.9. The van der Waals surface area contributed by atoms with E-state index in [0.29, 0.717) is 19.4 Å². The summed E-state index contributed by atoms with van der Waals surface area (Å²) in [5.41, 5.74) is 6.12. The van der Waals surface area contributed by atoms with Crippen LogP contribution in [-0.4, -0.2) is 41.0 Å². The first-order chi connectivity index (χ1) is 9.04. The number of aliphatic hydroxyl groups excluding tert-OH is 1. The van der Waals surface area contributed by atoms with Crippen molar-refractivity contribution in [2.45, 2.75) is 25.9 Å². The number of likely N-dealkylation sites (N-methyl/N-ethyl adjacent to an activating group) is 1. The smallest absolute Gasteiger partial charge is 0.251 e. The fourth-order valence-corrected chi connectivity index (χ4v) is 1.82. The molecule has 0 radical (unpaired) electrons. The molecule has 3 N–H and O–H groups in total. The molecule has 0 heterocycles. The van der Waals surface area contributed by atoms with Crippen LogP contribution in [0.1, 0.15) is 18.9 Å². The third kappa shape index (κ3) is 5.09. The molecule has 1 aromatic rings. The predicted octanol–water partition coefficient (Wildman–Crippen LogP) is 0.314. The number of aliphatic hydroxyl groups is 1. The van der Waals surface area contributed by atoms with Crippen molar-refractivity contribution in [2.75, 3.05) is 13.1 Å². The molecule has 2 amide bonds. The molecule has 19 heavy (non-hydrogen) atoms. The maximum absolute atomic E-state index is 11.9. The molecule has 0 fully saturated rings. The summed E-state index contributed by atoms with van der Waals surface area (Å²) in [6.07, 6.45) is -0.153. The second kappa shape index (κ2) is 7.53. The highest BCUT2D eigenvalue weighted by Crippen LogP contribution is 2.07. The number of hydrogen-bond donors (Lipinski definition) is 2. The Labute approximate surface area is 113 Å². The summed E-state index contributed by atoms with van der Waals surface area (Å²) in [5, 5.41) is 9.85. The van der Waals surface area contributed by atoms with Crippen molar-refractivity contribution in [2.24, 2.45) is 5.73 Å². The lowest BCUT2D eigenvalue weighted by molar-refractivity contribution is -0.142. The molecular formula is C14H20N2O3. The summed E-state index contributed by atoms with van der Waals surface area (Å²) < 4.78 is 0. The average molecular weight is 264 g/mol. The third-order valence-corrected chi connectivity index (χ3v) is 2.87. The van der Waals surface area contributed by atoms with Crippen molar-refractivity contribution < 1.29 is 14.7 Å². The Bertz CT molecular complexity index is 420. The van der Waals surface area contributed by atoms with E-state index in [0.717, 1.165) is 5.56 Å². The zero-order chi connectivity index (χ0) is 14.3. The van der Waals surface area contributed by atoms with Gasteiger partial charge in [0.1, 0.15) is 6.10 Å². The fraction of sp³-hybridized carbons (Fsp3) is 0.429. The predicted molar refractivity (Wildman–Crippen MR) is 72.2 cm³/mol. The second-order valence-electron chi connectivity index (χ2n) is 4.36. The van der Waals surface area contributed by atoms with Gasteiger partial charge in [-0.3, -0.25) is 9.59 Å². The van der Waals surface area contributed by atoms with Gasteiger partial charge in [0.05, 0.1) is 6.54 Å². The Morgan fingerprint density at radius 1 is 1.32 bits per heavy atom. The Balaban J connectivity index is 2.49. The fourth-order valence-electron chi connectivity index (χ4n) is 1.82. The summed E-state index contributed by atoms with van der Waals surface area (Å²) in [4.78, 5) is 24.0. The molecule has 0 saturated carbocycles. The first kappa shape index (κ1) is 15.2. The molecule has 0 aromatic heterocycles. The molecule has 1 rings (SSSR count). The SMILES string of the molecule is CCN(CC(N)=O)C(=O)[C@@H](O)CCc1ccccc1. The van der Waals surface area contributed by atoms with E-state index >= 15 is 0 Å². The van der Waals surface area contributed by atoms with Crippen molar-refractivity contribution in [3.63, 3.8) is 0 Å². The van der Waals surface area contributed by atoms with Gasteiger partial charge in [0, 0.05) is 6.54 Å². The van der Waals surface area contributed by atoms with Crippen LogP contribution in [0, 0.1) is 0 Å². The van der Waals surface area contributed by atoms with Crippen LogP contribution in [0.3, 0.4) is 0 Å². The topological polar surface area (TPSA) is 83.6 Å². The summed E-state index contributed by atoms with van der Waals surface area (Å²) in [5.74, 6) is -1.03. The molecule has 0 aliphatic heterocycles. The van der Waals surface area contributed by atoms with Crippen molar-refractivity contribution in [3.8, 4) is 0 Å². The number of aryl methyl sites for hydroxylation is 1. The lowest BCUT2D eigenvalue weighted by atomic mass is 10.1. The Hall–Kier alpha value is -1.88. The van der Waals surface area contributed by atoms with E-state index in [-0.39, 0.29) is 6.54 Å². The molecule has 0 unspecified atom stereocenters. The zero-order valence-corrected chi connectivity index (χ0v) is 11.1. The van der Waals surface area contributed by atoms with Crippen LogP contribution >= 0.6 is 0 Å². The van der Waals surface area contributed by atoms with Gasteiger partial charge in [-0.2, -0.15) is 0 Å². The Morgan fingerprint density at radius 3 is 2.47 bits per heavy atom. The summed E-state index contributed by atoms with van der Waals surface area (Å²) >= 11 is 0. The van der Waals surface area contributed by atoms with Crippen LogP contribution in [0.2, 0.25) is 0 Å². The van der Waals surface area contributed by atoms with Gasteiger partial charge < -0.3 is 15.7 Å². The van der Waals surface area contributed by atoms with E-state index in [1.807, 2.05) is 30.3 Å². The molecule has 0 bridgehead atoms. The van der Waals surface area contributed by atoms with Crippen LogP contribution < -0.4 is 5.73 Å². The third-order valence-electron chi connectivity index (χ3n) is 2.87. The molecule has 1 aromatic carbocycles. The quantitative estimate of drug-likeness (QED) is 0.743. The standard InChI is InChI=1S/C14H20N2O3/c1-2-16(10-13(15)18)14(19)12(17)9-8-11-6-4-3-5-7-11/h3-7,12,17H,2,8-10H2,1H3,(H2,15,18)/t12-/m0/s1. The number of amides is 2. The van der Waals surface area contributed by atoms with Crippen LogP contribution in [0.15, 0.2) is 30.3 Å². The number of nitrogens with zero attached hydrogens (tertiary/aromatic N) is 1. The van der Waals surface area contributed by atoms with Crippen LogP contribution in [-0.2, 0) is 16.0 Å². The maximum Gasteiger partial charge on any atom is 0.251 e. The van der Waals surface area contributed by atoms with E-state index < -0.39 is 17.9 Å². The summed E-state index contributed by atoms with van der Waals surface area (Å²) in [6.45, 7) is 1.94. The van der Waals surface area contributed by atoms with Gasteiger partial charge >= 0.3 is 0 Å². The average Bonchev–Trinajstić information content (AvgIpc) is 2.42. The minimum absolute atomic E-state index is 0.155. The lowest BCUT2D eigenvalue weighted by Crippen LogP contribution is -2.43. The Morgan fingerprint density at radius 2 is 1.95 bits per heavy atom. The van der Waals surface area contributed by atoms with Crippen LogP contribution in [0.25, 0.3) is 0 Å². The number of primary amides is 1. The number of hydrogen-bond acceptors (Lipinski definition) is 3. The first-order valence-corrected chi connectivity index (χ1v) is 6.33. The highest BCUT2D eigenvalue weighted by atomic mass is 16.3. The molecule has 104 valence electrons. The van der Waals surface area contributed by atoms with Crippen molar-refractivity contribution >= 4 is 11.8 Å². The van der Waals surface area contributed by atoms with Gasteiger partial charge in [-0.05, 0) is 25.3 Å². The van der Waals surface area contributed by atoms with Gasteiger partial charge in [0.2, 0.25) is 5.91 Å². The van der Waals surface area contributed by atoms with E-state index in [2.05, 4.69) is 0 Å². The molecule has 0 aliphatic carbocycles. The molecule has 0 aliphatic rings. The number of nitrogens with two attached hydrogens (primary N) is 1. The summed E-state index contributed by atoms with van der Waals surface area (Å²) in [7, 11) is 0. The van der Waals surface area contributed by atoms with Crippen LogP contribution in [0.5, 0.6) is 0 Å². The summed E-state index contributed by atoms with van der Waals surface area (Å²) in [6, 6.07) is 9.62. The number of carbonyl (C=O) groups excluding carboxylic acids is 2.